The molecule has 1 heterocycles. The summed E-state index contributed by atoms with van der Waals surface area (Å²) >= 11 is 1.60. The minimum Gasteiger partial charge on any atom is -0.348 e. The van der Waals surface area contributed by atoms with E-state index in [-0.39, 0.29) is 5.41 Å². The van der Waals surface area contributed by atoms with Crippen LogP contribution >= 0.6 is 11.3 Å². The summed E-state index contributed by atoms with van der Waals surface area (Å²) in [5.41, 5.74) is 1.18. The first-order valence-corrected chi connectivity index (χ1v) is 9.67. The predicted octanol–water partition coefficient (Wildman–Crippen LogP) is 5.19. The summed E-state index contributed by atoms with van der Waals surface area (Å²) in [5, 5.41) is 1.06. The second-order valence-corrected chi connectivity index (χ2v) is 7.80. The Morgan fingerprint density at radius 3 is 2.27 bits per heavy atom. The van der Waals surface area contributed by atoms with E-state index in [1.165, 1.54) is 51.4 Å². The van der Waals surface area contributed by atoms with Gasteiger partial charge in [0.05, 0.1) is 10.6 Å². The first kappa shape index (κ1) is 17.5. The van der Waals surface area contributed by atoms with Crippen LogP contribution in [-0.4, -0.2) is 24.4 Å². The molecule has 0 aliphatic heterocycles. The molecule has 1 aliphatic carbocycles. The molecule has 1 fully saturated rings. The van der Waals surface area contributed by atoms with Gasteiger partial charge < -0.3 is 4.90 Å². The number of hydrogen-bond donors (Lipinski definition) is 0. The highest BCUT2D eigenvalue weighted by Crippen LogP contribution is 2.43. The van der Waals surface area contributed by atoms with E-state index in [0.717, 1.165) is 35.1 Å². The molecule has 1 saturated carbocycles. The number of rotatable bonds is 9. The Balaban J connectivity index is 2.25. The van der Waals surface area contributed by atoms with Crippen LogP contribution in [-0.2, 0) is 5.41 Å². The predicted molar refractivity (Wildman–Crippen MR) is 95.4 cm³/mol. The van der Waals surface area contributed by atoms with Crippen molar-refractivity contribution in [3.63, 3.8) is 0 Å². The summed E-state index contributed by atoms with van der Waals surface area (Å²) in [7, 11) is 0. The lowest BCUT2D eigenvalue weighted by Gasteiger charge is -2.23. The van der Waals surface area contributed by atoms with E-state index in [2.05, 4.69) is 25.7 Å². The summed E-state index contributed by atoms with van der Waals surface area (Å²) in [5.74, 6) is 0. The van der Waals surface area contributed by atoms with Crippen molar-refractivity contribution in [1.82, 2.24) is 4.98 Å². The number of thiazole rings is 1. The number of aldehydes is 1. The first-order chi connectivity index (χ1) is 10.6. The summed E-state index contributed by atoms with van der Waals surface area (Å²) in [6, 6.07) is 0. The highest BCUT2D eigenvalue weighted by atomic mass is 32.1. The van der Waals surface area contributed by atoms with Gasteiger partial charge in [0, 0.05) is 18.5 Å². The lowest BCUT2D eigenvalue weighted by Crippen LogP contribution is -2.26. The zero-order chi connectivity index (χ0) is 16.0. The van der Waals surface area contributed by atoms with Crippen molar-refractivity contribution >= 4 is 22.8 Å². The van der Waals surface area contributed by atoms with Gasteiger partial charge in [0.1, 0.15) is 0 Å². The molecule has 0 aromatic carbocycles. The van der Waals surface area contributed by atoms with E-state index >= 15 is 0 Å². The molecule has 124 valence electrons. The van der Waals surface area contributed by atoms with Crippen LogP contribution in [0.4, 0.5) is 5.13 Å². The Bertz CT molecular complexity index is 469. The molecule has 0 saturated heterocycles. The Labute approximate surface area is 139 Å². The molecule has 0 N–H and O–H groups in total. The highest BCUT2D eigenvalue weighted by Gasteiger charge is 2.35. The molecule has 1 aliphatic rings. The van der Waals surface area contributed by atoms with Crippen LogP contribution in [0.3, 0.4) is 0 Å². The molecule has 0 amide bonds. The number of nitrogens with zero attached hydrogens (tertiary/aromatic N) is 2. The molecule has 2 rings (SSSR count). The van der Waals surface area contributed by atoms with Gasteiger partial charge in [-0.15, -0.1) is 0 Å². The summed E-state index contributed by atoms with van der Waals surface area (Å²) < 4.78 is 0. The van der Waals surface area contributed by atoms with Crippen LogP contribution in [0.15, 0.2) is 0 Å². The van der Waals surface area contributed by atoms with Gasteiger partial charge in [-0.25, -0.2) is 4.98 Å². The highest BCUT2D eigenvalue weighted by molar-refractivity contribution is 7.17. The van der Waals surface area contributed by atoms with Gasteiger partial charge in [-0.05, 0) is 25.7 Å². The summed E-state index contributed by atoms with van der Waals surface area (Å²) in [6.07, 6.45) is 10.6. The zero-order valence-corrected chi connectivity index (χ0v) is 15.2. The smallest absolute Gasteiger partial charge is 0.186 e. The maximum absolute atomic E-state index is 11.5. The SMILES string of the molecule is CCCCN(CCCC)c1nc(C2(C)CCCC2)c(C=O)s1. The van der Waals surface area contributed by atoms with Crippen LogP contribution in [0.25, 0.3) is 0 Å². The second kappa shape index (κ2) is 8.09. The first-order valence-electron chi connectivity index (χ1n) is 8.86. The van der Waals surface area contributed by atoms with Crippen molar-refractivity contribution in [2.75, 3.05) is 18.0 Å². The fourth-order valence-electron chi connectivity index (χ4n) is 3.36. The summed E-state index contributed by atoms with van der Waals surface area (Å²) in [6.45, 7) is 8.84. The number of carbonyl (C=O) groups is 1. The number of unbranched alkanes of at least 4 members (excludes halogenated alkanes) is 2. The molecule has 4 heteroatoms. The second-order valence-electron chi connectivity index (χ2n) is 6.79. The summed E-state index contributed by atoms with van der Waals surface area (Å²) in [4.78, 5) is 19.8. The van der Waals surface area contributed by atoms with Gasteiger partial charge in [-0.1, -0.05) is 57.8 Å². The minimum atomic E-state index is 0.117. The normalized spacial score (nSPS) is 16.9. The number of aromatic nitrogens is 1. The third kappa shape index (κ3) is 3.89. The topological polar surface area (TPSA) is 33.2 Å². The van der Waals surface area contributed by atoms with E-state index in [4.69, 9.17) is 4.98 Å². The van der Waals surface area contributed by atoms with Gasteiger partial charge in [0.2, 0.25) is 0 Å². The monoisotopic (exact) mass is 322 g/mol. The van der Waals surface area contributed by atoms with E-state index in [9.17, 15) is 4.79 Å². The van der Waals surface area contributed by atoms with Crippen LogP contribution in [0.5, 0.6) is 0 Å². The number of carbonyl (C=O) groups excluding carboxylic acids is 1. The van der Waals surface area contributed by atoms with Crippen LogP contribution in [0.1, 0.15) is 87.5 Å². The van der Waals surface area contributed by atoms with Crippen LogP contribution in [0.2, 0.25) is 0 Å². The lowest BCUT2D eigenvalue weighted by molar-refractivity contribution is 0.112. The molecule has 3 nitrogen and oxygen atoms in total. The Morgan fingerprint density at radius 1 is 1.18 bits per heavy atom. The van der Waals surface area contributed by atoms with Crippen molar-refractivity contribution in [2.24, 2.45) is 0 Å². The molecule has 1 aromatic heterocycles. The van der Waals surface area contributed by atoms with Gasteiger partial charge in [0.25, 0.3) is 0 Å². The zero-order valence-electron chi connectivity index (χ0n) is 14.4. The third-order valence-electron chi connectivity index (χ3n) is 4.86. The molecule has 0 unspecified atom stereocenters. The fraction of sp³-hybridized carbons (Fsp3) is 0.778. The molecular weight excluding hydrogens is 292 g/mol. The average molecular weight is 323 g/mol. The van der Waals surface area contributed by atoms with Crippen molar-refractivity contribution in [3.8, 4) is 0 Å². The number of hydrogen-bond acceptors (Lipinski definition) is 4. The van der Waals surface area contributed by atoms with Crippen LogP contribution < -0.4 is 4.90 Å². The molecule has 0 spiro atoms. The van der Waals surface area contributed by atoms with Gasteiger partial charge in [0.15, 0.2) is 11.4 Å². The van der Waals surface area contributed by atoms with Crippen molar-refractivity contribution in [2.45, 2.75) is 77.6 Å². The molecule has 0 atom stereocenters. The van der Waals surface area contributed by atoms with Crippen molar-refractivity contribution in [3.05, 3.63) is 10.6 Å². The molecule has 0 bridgehead atoms. The third-order valence-corrected chi connectivity index (χ3v) is 5.90. The maximum atomic E-state index is 11.5. The van der Waals surface area contributed by atoms with E-state index in [1.54, 1.807) is 11.3 Å². The average Bonchev–Trinajstić information content (AvgIpc) is 3.14. The molecular formula is C18H30N2OS. The lowest BCUT2D eigenvalue weighted by atomic mass is 9.84. The van der Waals surface area contributed by atoms with Gasteiger partial charge >= 0.3 is 0 Å². The Hall–Kier alpha value is -0.900. The van der Waals surface area contributed by atoms with Gasteiger partial charge in [-0.3, -0.25) is 4.79 Å². The van der Waals surface area contributed by atoms with E-state index in [0.29, 0.717) is 0 Å². The fourth-order valence-corrected chi connectivity index (χ4v) is 4.44. The largest absolute Gasteiger partial charge is 0.348 e. The molecule has 22 heavy (non-hydrogen) atoms. The number of anilines is 1. The van der Waals surface area contributed by atoms with Crippen molar-refractivity contribution in [1.29, 1.82) is 0 Å². The van der Waals surface area contributed by atoms with Crippen LogP contribution in [0, 0.1) is 0 Å². The Morgan fingerprint density at radius 2 is 1.77 bits per heavy atom. The standard InChI is InChI=1S/C18H30N2OS/c1-4-6-12-20(13-7-5-2)17-19-16(15(14-21)22-17)18(3)10-8-9-11-18/h14H,4-13H2,1-3H3. The molecule has 1 aromatic rings. The maximum Gasteiger partial charge on any atom is 0.186 e. The minimum absolute atomic E-state index is 0.117. The quantitative estimate of drug-likeness (QED) is 0.586. The molecule has 0 radical (unpaired) electrons. The van der Waals surface area contributed by atoms with E-state index < -0.39 is 0 Å². The van der Waals surface area contributed by atoms with E-state index in [1.807, 2.05) is 0 Å². The van der Waals surface area contributed by atoms with Crippen molar-refractivity contribution < 1.29 is 4.79 Å². The van der Waals surface area contributed by atoms with Gasteiger partial charge in [-0.2, -0.15) is 0 Å². The Kier molecular flexibility index (Phi) is 6.42.